The van der Waals surface area contributed by atoms with Gasteiger partial charge in [0.1, 0.15) is 0 Å². The molecule has 2 heterocycles. The Morgan fingerprint density at radius 1 is 1.19 bits per heavy atom. The summed E-state index contributed by atoms with van der Waals surface area (Å²) in [6, 6.07) is 7.42. The number of hydrogen-bond donors (Lipinski definition) is 1. The molecule has 2 aromatic rings. The molecule has 26 heavy (non-hydrogen) atoms. The van der Waals surface area contributed by atoms with Crippen molar-refractivity contribution in [2.75, 3.05) is 18.4 Å². The van der Waals surface area contributed by atoms with Crippen molar-refractivity contribution in [3.8, 4) is 0 Å². The highest BCUT2D eigenvalue weighted by Gasteiger charge is 2.23. The van der Waals surface area contributed by atoms with Gasteiger partial charge in [0.05, 0.1) is 11.1 Å². The van der Waals surface area contributed by atoms with Gasteiger partial charge in [-0.15, -0.1) is 0 Å². The van der Waals surface area contributed by atoms with Crippen LogP contribution in [0.5, 0.6) is 0 Å². The number of piperidine rings is 1. The van der Waals surface area contributed by atoms with E-state index in [1.165, 1.54) is 12.4 Å². The molecule has 0 bridgehead atoms. The average Bonchev–Trinajstić information content (AvgIpc) is 2.65. The number of pyridine rings is 1. The lowest BCUT2D eigenvalue weighted by molar-refractivity contribution is 0.0682. The van der Waals surface area contributed by atoms with Crippen LogP contribution in [-0.4, -0.2) is 34.8 Å². The zero-order chi connectivity index (χ0) is 18.7. The lowest BCUT2D eigenvalue weighted by Gasteiger charge is -2.31. The standard InChI is InChI=1S/C21H25N3O2/c1-14-6-5-9-24(13-14)21(26)18-10-17(11-22-12-18)20(25)23-19-8-4-7-15(2)16(19)3/h4,7-8,10-12,14H,5-6,9,13H2,1-3H3,(H,23,25). The van der Waals surface area contributed by atoms with Crippen molar-refractivity contribution < 1.29 is 9.59 Å². The molecule has 1 fully saturated rings. The number of anilines is 1. The Morgan fingerprint density at radius 2 is 1.96 bits per heavy atom. The number of benzene rings is 1. The third kappa shape index (κ3) is 3.93. The minimum absolute atomic E-state index is 0.0505. The first-order chi connectivity index (χ1) is 12.5. The van der Waals surface area contributed by atoms with Gasteiger partial charge in [-0.25, -0.2) is 0 Å². The van der Waals surface area contributed by atoms with Gasteiger partial charge in [0.2, 0.25) is 0 Å². The summed E-state index contributed by atoms with van der Waals surface area (Å²) in [6.07, 6.45) is 5.21. The first-order valence-corrected chi connectivity index (χ1v) is 9.07. The van der Waals surface area contributed by atoms with Crippen LogP contribution in [-0.2, 0) is 0 Å². The Bertz CT molecular complexity index is 832. The maximum Gasteiger partial charge on any atom is 0.257 e. The largest absolute Gasteiger partial charge is 0.338 e. The van der Waals surface area contributed by atoms with Crippen molar-refractivity contribution in [2.24, 2.45) is 5.92 Å². The molecule has 3 rings (SSSR count). The second-order valence-corrected chi connectivity index (χ2v) is 7.16. The molecule has 1 aromatic heterocycles. The minimum atomic E-state index is -0.257. The number of aryl methyl sites for hydroxylation is 1. The van der Waals surface area contributed by atoms with Gasteiger partial charge in [-0.05, 0) is 55.9 Å². The highest BCUT2D eigenvalue weighted by Crippen LogP contribution is 2.20. The number of rotatable bonds is 3. The van der Waals surface area contributed by atoms with Crippen molar-refractivity contribution in [2.45, 2.75) is 33.6 Å². The first-order valence-electron chi connectivity index (χ1n) is 9.07. The molecule has 5 heteroatoms. The van der Waals surface area contributed by atoms with E-state index in [0.717, 1.165) is 42.7 Å². The van der Waals surface area contributed by atoms with Crippen LogP contribution in [0.2, 0.25) is 0 Å². The Morgan fingerprint density at radius 3 is 2.73 bits per heavy atom. The Labute approximate surface area is 154 Å². The average molecular weight is 351 g/mol. The predicted molar refractivity (Wildman–Crippen MR) is 102 cm³/mol. The number of likely N-dealkylation sites (tertiary alicyclic amines) is 1. The number of carbonyl (C=O) groups excluding carboxylic acids is 2. The van der Waals surface area contributed by atoms with E-state index in [-0.39, 0.29) is 11.8 Å². The van der Waals surface area contributed by atoms with Crippen LogP contribution < -0.4 is 5.32 Å². The molecular formula is C21H25N3O2. The summed E-state index contributed by atoms with van der Waals surface area (Å²) in [5, 5.41) is 2.92. The van der Waals surface area contributed by atoms with E-state index in [1.807, 2.05) is 36.9 Å². The van der Waals surface area contributed by atoms with Gasteiger partial charge >= 0.3 is 0 Å². The molecule has 1 unspecified atom stereocenters. The molecule has 1 aliphatic heterocycles. The second kappa shape index (κ2) is 7.68. The van der Waals surface area contributed by atoms with Crippen molar-refractivity contribution >= 4 is 17.5 Å². The van der Waals surface area contributed by atoms with Crippen LogP contribution >= 0.6 is 0 Å². The number of nitrogens with zero attached hydrogens (tertiary/aromatic N) is 2. The van der Waals surface area contributed by atoms with E-state index in [9.17, 15) is 9.59 Å². The maximum atomic E-state index is 12.7. The molecule has 0 radical (unpaired) electrons. The number of aromatic nitrogens is 1. The summed E-state index contributed by atoms with van der Waals surface area (Å²) in [5.74, 6) is 0.203. The fraction of sp³-hybridized carbons (Fsp3) is 0.381. The summed E-state index contributed by atoms with van der Waals surface area (Å²) < 4.78 is 0. The third-order valence-corrected chi connectivity index (χ3v) is 5.04. The molecule has 1 atom stereocenters. The predicted octanol–water partition coefficient (Wildman–Crippen LogP) is 3.82. The molecule has 5 nitrogen and oxygen atoms in total. The van der Waals surface area contributed by atoms with Gasteiger partial charge in [0, 0.05) is 31.2 Å². The Balaban J connectivity index is 1.77. The Hall–Kier alpha value is -2.69. The molecule has 0 spiro atoms. The molecule has 136 valence electrons. The van der Waals surface area contributed by atoms with E-state index < -0.39 is 0 Å². The second-order valence-electron chi connectivity index (χ2n) is 7.16. The van der Waals surface area contributed by atoms with Gasteiger partial charge in [-0.2, -0.15) is 0 Å². The number of amides is 2. The molecule has 1 aliphatic rings. The monoisotopic (exact) mass is 351 g/mol. The highest BCUT2D eigenvalue weighted by atomic mass is 16.2. The lowest BCUT2D eigenvalue weighted by Crippen LogP contribution is -2.39. The van der Waals surface area contributed by atoms with Crippen LogP contribution in [0, 0.1) is 19.8 Å². The van der Waals surface area contributed by atoms with Gasteiger partial charge in [0.25, 0.3) is 11.8 Å². The quantitative estimate of drug-likeness (QED) is 0.914. The van der Waals surface area contributed by atoms with Crippen LogP contribution in [0.25, 0.3) is 0 Å². The lowest BCUT2D eigenvalue weighted by atomic mass is 9.99. The van der Waals surface area contributed by atoms with Crippen molar-refractivity contribution in [3.05, 3.63) is 58.9 Å². The number of nitrogens with one attached hydrogen (secondary N) is 1. The minimum Gasteiger partial charge on any atom is -0.338 e. The van der Waals surface area contributed by atoms with Crippen LogP contribution in [0.4, 0.5) is 5.69 Å². The fourth-order valence-corrected chi connectivity index (χ4v) is 3.32. The highest BCUT2D eigenvalue weighted by molar-refractivity contribution is 6.06. The van der Waals surface area contributed by atoms with Crippen LogP contribution in [0.15, 0.2) is 36.7 Å². The third-order valence-electron chi connectivity index (χ3n) is 5.04. The smallest absolute Gasteiger partial charge is 0.257 e. The van der Waals surface area contributed by atoms with Gasteiger partial charge in [0.15, 0.2) is 0 Å². The molecule has 0 saturated carbocycles. The van der Waals surface area contributed by atoms with E-state index in [1.54, 1.807) is 6.07 Å². The summed E-state index contributed by atoms with van der Waals surface area (Å²) in [7, 11) is 0. The maximum absolute atomic E-state index is 12.7. The van der Waals surface area contributed by atoms with Crippen LogP contribution in [0.3, 0.4) is 0 Å². The molecule has 2 amide bonds. The number of hydrogen-bond acceptors (Lipinski definition) is 3. The molecule has 1 aromatic carbocycles. The summed E-state index contributed by atoms with van der Waals surface area (Å²) in [5.41, 5.74) is 3.78. The number of carbonyl (C=O) groups is 2. The van der Waals surface area contributed by atoms with Gasteiger partial charge in [-0.1, -0.05) is 19.1 Å². The topological polar surface area (TPSA) is 62.3 Å². The summed E-state index contributed by atoms with van der Waals surface area (Å²) in [6.45, 7) is 7.66. The molecule has 0 aliphatic carbocycles. The summed E-state index contributed by atoms with van der Waals surface area (Å²) in [4.78, 5) is 31.3. The van der Waals surface area contributed by atoms with E-state index in [0.29, 0.717) is 17.0 Å². The van der Waals surface area contributed by atoms with E-state index in [4.69, 9.17) is 0 Å². The zero-order valence-corrected chi connectivity index (χ0v) is 15.6. The van der Waals surface area contributed by atoms with E-state index >= 15 is 0 Å². The zero-order valence-electron chi connectivity index (χ0n) is 15.6. The molecule has 1 saturated heterocycles. The van der Waals surface area contributed by atoms with E-state index in [2.05, 4.69) is 17.2 Å². The molecule has 1 N–H and O–H groups in total. The van der Waals surface area contributed by atoms with Gasteiger partial charge < -0.3 is 10.2 Å². The van der Waals surface area contributed by atoms with Crippen LogP contribution in [0.1, 0.15) is 51.6 Å². The normalized spacial score (nSPS) is 17.0. The first kappa shape index (κ1) is 18.1. The van der Waals surface area contributed by atoms with Crippen molar-refractivity contribution in [3.63, 3.8) is 0 Å². The van der Waals surface area contributed by atoms with Gasteiger partial charge in [-0.3, -0.25) is 14.6 Å². The fourth-order valence-electron chi connectivity index (χ4n) is 3.32. The van der Waals surface area contributed by atoms with Crippen molar-refractivity contribution in [1.29, 1.82) is 0 Å². The van der Waals surface area contributed by atoms with Crippen molar-refractivity contribution in [1.82, 2.24) is 9.88 Å². The Kier molecular flexibility index (Phi) is 5.35. The SMILES string of the molecule is Cc1cccc(NC(=O)c2cncc(C(=O)N3CCCC(C)C3)c2)c1C. The molecular weight excluding hydrogens is 326 g/mol. The summed E-state index contributed by atoms with van der Waals surface area (Å²) >= 11 is 0.